The summed E-state index contributed by atoms with van der Waals surface area (Å²) >= 11 is 17.4. The molecule has 0 saturated heterocycles. The topological polar surface area (TPSA) is 74.7 Å². The summed E-state index contributed by atoms with van der Waals surface area (Å²) in [7, 11) is -4.09. The molecule has 1 N–H and O–H groups in total. The third-order valence-corrected chi connectivity index (χ3v) is 5.29. The number of carboxylic acids is 1. The molecular formula is C10H10Cl3NO4S. The van der Waals surface area contributed by atoms with Crippen molar-refractivity contribution in [2.45, 2.75) is 11.8 Å². The Balaban J connectivity index is 3.38. The maximum absolute atomic E-state index is 12.3. The van der Waals surface area contributed by atoms with Gasteiger partial charge in [-0.25, -0.2) is 8.42 Å². The fourth-order valence-corrected chi connectivity index (χ4v) is 4.31. The van der Waals surface area contributed by atoms with E-state index in [4.69, 9.17) is 39.9 Å². The summed E-state index contributed by atoms with van der Waals surface area (Å²) in [4.78, 5) is 10.3. The van der Waals surface area contributed by atoms with Gasteiger partial charge in [0.15, 0.2) is 0 Å². The third-order valence-electron chi connectivity index (χ3n) is 2.23. The van der Waals surface area contributed by atoms with E-state index in [-0.39, 0.29) is 26.5 Å². The van der Waals surface area contributed by atoms with Gasteiger partial charge >= 0.3 is 5.97 Å². The normalized spacial score (nSPS) is 11.8. The van der Waals surface area contributed by atoms with Crippen molar-refractivity contribution in [2.75, 3.05) is 13.1 Å². The van der Waals surface area contributed by atoms with Gasteiger partial charge in [0.05, 0.1) is 10.0 Å². The van der Waals surface area contributed by atoms with Crippen LogP contribution in [0.25, 0.3) is 0 Å². The lowest BCUT2D eigenvalue weighted by atomic mass is 10.4. The van der Waals surface area contributed by atoms with Crippen LogP contribution in [0.4, 0.5) is 0 Å². The highest BCUT2D eigenvalue weighted by molar-refractivity contribution is 7.89. The minimum atomic E-state index is -4.09. The molecule has 0 radical (unpaired) electrons. The van der Waals surface area contributed by atoms with Gasteiger partial charge in [0.2, 0.25) is 10.0 Å². The summed E-state index contributed by atoms with van der Waals surface area (Å²) < 4.78 is 25.4. The van der Waals surface area contributed by atoms with Crippen molar-refractivity contribution in [1.82, 2.24) is 4.31 Å². The second-order valence-electron chi connectivity index (χ2n) is 3.52. The van der Waals surface area contributed by atoms with E-state index in [1.165, 1.54) is 19.1 Å². The van der Waals surface area contributed by atoms with Crippen LogP contribution in [0, 0.1) is 0 Å². The Morgan fingerprint density at radius 1 is 1.26 bits per heavy atom. The maximum Gasteiger partial charge on any atom is 0.318 e. The molecule has 0 aliphatic rings. The zero-order valence-corrected chi connectivity index (χ0v) is 12.8. The van der Waals surface area contributed by atoms with Crippen LogP contribution in [0.3, 0.4) is 0 Å². The summed E-state index contributed by atoms with van der Waals surface area (Å²) in [6, 6.07) is 2.47. The lowest BCUT2D eigenvalue weighted by Crippen LogP contribution is -2.35. The molecule has 0 fully saturated rings. The van der Waals surface area contributed by atoms with Gasteiger partial charge in [-0.3, -0.25) is 4.79 Å². The quantitative estimate of drug-likeness (QED) is 0.889. The van der Waals surface area contributed by atoms with Crippen LogP contribution in [0.2, 0.25) is 15.1 Å². The van der Waals surface area contributed by atoms with Crippen molar-refractivity contribution < 1.29 is 18.3 Å². The summed E-state index contributed by atoms with van der Waals surface area (Å²) in [6.07, 6.45) is 0. The number of rotatable bonds is 5. The highest BCUT2D eigenvalue weighted by Gasteiger charge is 2.30. The Bertz CT molecular complexity index is 580. The molecule has 5 nitrogen and oxygen atoms in total. The molecule has 0 saturated carbocycles. The van der Waals surface area contributed by atoms with Crippen LogP contribution in [0.5, 0.6) is 0 Å². The molecule has 0 bridgehead atoms. The second kappa shape index (κ2) is 6.28. The van der Waals surface area contributed by atoms with E-state index in [1.807, 2.05) is 0 Å². The molecule has 0 spiro atoms. The average molecular weight is 347 g/mol. The first-order chi connectivity index (χ1) is 8.70. The molecule has 1 aromatic carbocycles. The molecule has 0 aliphatic heterocycles. The number of nitrogens with zero attached hydrogens (tertiary/aromatic N) is 1. The number of sulfonamides is 1. The molecule has 0 unspecified atom stereocenters. The number of carbonyl (C=O) groups is 1. The Labute approximate surface area is 125 Å². The highest BCUT2D eigenvalue weighted by atomic mass is 35.5. The Morgan fingerprint density at radius 3 is 2.11 bits per heavy atom. The summed E-state index contributed by atoms with van der Waals surface area (Å²) in [5.41, 5.74) is 0. The van der Waals surface area contributed by atoms with Gasteiger partial charge in [0.1, 0.15) is 11.4 Å². The van der Waals surface area contributed by atoms with Crippen molar-refractivity contribution in [3.05, 3.63) is 27.2 Å². The smallest absolute Gasteiger partial charge is 0.318 e. The molecule has 19 heavy (non-hydrogen) atoms. The van der Waals surface area contributed by atoms with Crippen LogP contribution in [0.15, 0.2) is 17.0 Å². The molecule has 0 aliphatic carbocycles. The standard InChI is InChI=1S/C10H10Cl3NO4S/c1-2-14(5-9(15)16)19(17,18)10-7(12)3-6(11)4-8(10)13/h3-4H,2,5H2,1H3,(H,15,16). The molecule has 1 rings (SSSR count). The number of hydrogen-bond donors (Lipinski definition) is 1. The Morgan fingerprint density at radius 2 is 1.74 bits per heavy atom. The Kier molecular flexibility index (Phi) is 5.46. The van der Waals surface area contributed by atoms with Gasteiger partial charge in [-0.05, 0) is 12.1 Å². The van der Waals surface area contributed by atoms with E-state index in [9.17, 15) is 13.2 Å². The first-order valence-electron chi connectivity index (χ1n) is 5.06. The molecular weight excluding hydrogens is 337 g/mol. The highest BCUT2D eigenvalue weighted by Crippen LogP contribution is 2.34. The van der Waals surface area contributed by atoms with E-state index in [0.29, 0.717) is 0 Å². The van der Waals surface area contributed by atoms with Gasteiger partial charge in [-0.1, -0.05) is 41.7 Å². The molecule has 0 aromatic heterocycles. The zero-order chi connectivity index (χ0) is 14.8. The number of benzene rings is 1. The van der Waals surface area contributed by atoms with E-state index in [1.54, 1.807) is 0 Å². The summed E-state index contributed by atoms with van der Waals surface area (Å²) in [5.74, 6) is -1.27. The molecule has 0 atom stereocenters. The van der Waals surface area contributed by atoms with Crippen molar-refractivity contribution in [2.24, 2.45) is 0 Å². The van der Waals surface area contributed by atoms with Crippen LogP contribution in [0.1, 0.15) is 6.92 Å². The summed E-state index contributed by atoms with van der Waals surface area (Å²) in [6.45, 7) is 0.816. The molecule has 1 aromatic rings. The first-order valence-corrected chi connectivity index (χ1v) is 7.64. The van der Waals surface area contributed by atoms with Gasteiger partial charge in [0.25, 0.3) is 0 Å². The molecule has 0 amide bonds. The number of likely N-dealkylation sites (N-methyl/N-ethyl adjacent to an activating group) is 1. The van der Waals surface area contributed by atoms with Crippen molar-refractivity contribution >= 4 is 50.8 Å². The zero-order valence-electron chi connectivity index (χ0n) is 9.73. The maximum atomic E-state index is 12.3. The lowest BCUT2D eigenvalue weighted by molar-refractivity contribution is -0.137. The molecule has 106 valence electrons. The first kappa shape index (κ1) is 16.5. The van der Waals surface area contributed by atoms with Crippen LogP contribution < -0.4 is 0 Å². The third kappa shape index (κ3) is 3.73. The molecule has 0 heterocycles. The number of aliphatic carboxylic acids is 1. The van der Waals surface area contributed by atoms with E-state index in [2.05, 4.69) is 0 Å². The van der Waals surface area contributed by atoms with Crippen molar-refractivity contribution in [3.63, 3.8) is 0 Å². The number of halogens is 3. The predicted octanol–water partition coefficient (Wildman–Crippen LogP) is 2.74. The van der Waals surface area contributed by atoms with Crippen molar-refractivity contribution in [1.29, 1.82) is 0 Å². The Hall–Kier alpha value is -0.530. The van der Waals surface area contributed by atoms with Crippen LogP contribution in [-0.4, -0.2) is 36.9 Å². The fraction of sp³-hybridized carbons (Fsp3) is 0.300. The van der Waals surface area contributed by atoms with Gasteiger partial charge in [-0.15, -0.1) is 0 Å². The van der Waals surface area contributed by atoms with E-state index >= 15 is 0 Å². The van der Waals surface area contributed by atoms with Gasteiger partial charge < -0.3 is 5.11 Å². The van der Waals surface area contributed by atoms with Gasteiger partial charge in [-0.2, -0.15) is 4.31 Å². The predicted molar refractivity (Wildman–Crippen MR) is 73.5 cm³/mol. The fourth-order valence-electron chi connectivity index (χ4n) is 1.42. The minimum absolute atomic E-state index is 0.0239. The van der Waals surface area contributed by atoms with Crippen LogP contribution in [-0.2, 0) is 14.8 Å². The van der Waals surface area contributed by atoms with Crippen molar-refractivity contribution in [3.8, 4) is 0 Å². The van der Waals surface area contributed by atoms with E-state index < -0.39 is 22.5 Å². The average Bonchev–Trinajstić information content (AvgIpc) is 2.23. The van der Waals surface area contributed by atoms with E-state index in [0.717, 1.165) is 4.31 Å². The summed E-state index contributed by atoms with van der Waals surface area (Å²) in [5, 5.41) is 8.60. The largest absolute Gasteiger partial charge is 0.480 e. The van der Waals surface area contributed by atoms with Gasteiger partial charge in [0, 0.05) is 11.6 Å². The SMILES string of the molecule is CCN(CC(=O)O)S(=O)(=O)c1c(Cl)cc(Cl)cc1Cl. The number of carboxylic acid groups (broad SMARTS) is 1. The monoisotopic (exact) mass is 345 g/mol. The lowest BCUT2D eigenvalue weighted by Gasteiger charge is -2.20. The second-order valence-corrected chi connectivity index (χ2v) is 6.65. The molecule has 9 heteroatoms. The minimum Gasteiger partial charge on any atom is -0.480 e. The number of hydrogen-bond acceptors (Lipinski definition) is 3. The van der Waals surface area contributed by atoms with Crippen LogP contribution >= 0.6 is 34.8 Å².